The first-order chi connectivity index (χ1) is 8.90. The summed E-state index contributed by atoms with van der Waals surface area (Å²) in [6.07, 6.45) is 0. The molecule has 1 unspecified atom stereocenters. The smallest absolute Gasteiger partial charge is 0.347 e. The van der Waals surface area contributed by atoms with Crippen LogP contribution < -0.4 is 5.32 Å². The van der Waals surface area contributed by atoms with Crippen molar-refractivity contribution in [1.29, 1.82) is 0 Å². The van der Waals surface area contributed by atoms with Gasteiger partial charge in [0.2, 0.25) is 0 Å². The average Bonchev–Trinajstić information content (AvgIpc) is 2.82. The quantitative estimate of drug-likeness (QED) is 0.895. The van der Waals surface area contributed by atoms with Gasteiger partial charge < -0.3 is 14.9 Å². The Bertz CT molecular complexity index is 598. The number of hydrogen-bond donors (Lipinski definition) is 2. The third-order valence-electron chi connectivity index (χ3n) is 2.85. The van der Waals surface area contributed by atoms with Crippen molar-refractivity contribution in [2.24, 2.45) is 0 Å². The van der Waals surface area contributed by atoms with Crippen molar-refractivity contribution in [3.63, 3.8) is 0 Å². The fourth-order valence-electron chi connectivity index (χ4n) is 2.02. The van der Waals surface area contributed by atoms with E-state index >= 15 is 0 Å². The number of anilines is 1. The van der Waals surface area contributed by atoms with E-state index in [0.29, 0.717) is 10.8 Å². The van der Waals surface area contributed by atoms with Crippen LogP contribution in [-0.4, -0.2) is 21.2 Å². The predicted molar refractivity (Wildman–Crippen MR) is 71.8 cm³/mol. The van der Waals surface area contributed by atoms with Crippen molar-refractivity contribution in [1.82, 2.24) is 10.1 Å². The summed E-state index contributed by atoms with van der Waals surface area (Å²) in [6.45, 7) is 7.37. The molecule has 0 aliphatic rings. The number of carboxylic acid groups (broad SMARTS) is 1. The fourth-order valence-corrected chi connectivity index (χ4v) is 2.91. The molecule has 2 heterocycles. The Morgan fingerprint density at radius 1 is 1.37 bits per heavy atom. The number of aryl methyl sites for hydroxylation is 3. The van der Waals surface area contributed by atoms with Crippen molar-refractivity contribution in [3.05, 3.63) is 27.6 Å². The maximum Gasteiger partial charge on any atom is 0.347 e. The average molecular weight is 281 g/mol. The second-order valence-electron chi connectivity index (χ2n) is 4.34. The summed E-state index contributed by atoms with van der Waals surface area (Å²) in [7, 11) is 0. The number of rotatable bonds is 4. The molecule has 1 atom stereocenters. The van der Waals surface area contributed by atoms with E-state index in [1.54, 1.807) is 6.92 Å². The van der Waals surface area contributed by atoms with Gasteiger partial charge in [-0.25, -0.2) is 9.78 Å². The molecule has 0 spiro atoms. The number of aromatic nitrogens is 2. The van der Waals surface area contributed by atoms with Crippen LogP contribution in [0.2, 0.25) is 0 Å². The maximum absolute atomic E-state index is 11.0. The van der Waals surface area contributed by atoms with Gasteiger partial charge in [0, 0.05) is 5.56 Å². The van der Waals surface area contributed by atoms with Crippen LogP contribution >= 0.6 is 11.3 Å². The van der Waals surface area contributed by atoms with Crippen LogP contribution in [0.1, 0.15) is 45.3 Å². The summed E-state index contributed by atoms with van der Waals surface area (Å²) in [6, 6.07) is -0.0431. The molecule has 0 aromatic carbocycles. The summed E-state index contributed by atoms with van der Waals surface area (Å²) in [5.74, 6) is -0.197. The molecular formula is C12H15N3O3S. The van der Waals surface area contributed by atoms with E-state index in [0.717, 1.165) is 28.4 Å². The van der Waals surface area contributed by atoms with Crippen molar-refractivity contribution in [3.8, 4) is 0 Å². The number of hydrogen-bond acceptors (Lipinski definition) is 6. The molecule has 2 rings (SSSR count). The minimum absolute atomic E-state index is 0.0431. The molecule has 6 nitrogen and oxygen atoms in total. The number of carbonyl (C=O) groups is 1. The minimum Gasteiger partial charge on any atom is -0.477 e. The number of carboxylic acids is 1. The van der Waals surface area contributed by atoms with Crippen molar-refractivity contribution >= 4 is 22.4 Å². The van der Waals surface area contributed by atoms with Gasteiger partial charge in [-0.3, -0.25) is 0 Å². The number of nitrogens with zero attached hydrogens (tertiary/aromatic N) is 2. The first-order valence-electron chi connectivity index (χ1n) is 5.80. The summed E-state index contributed by atoms with van der Waals surface area (Å²) in [4.78, 5) is 15.4. The third-order valence-corrected chi connectivity index (χ3v) is 3.93. The summed E-state index contributed by atoms with van der Waals surface area (Å²) in [5.41, 5.74) is 2.32. The highest BCUT2D eigenvalue weighted by Gasteiger charge is 2.19. The lowest BCUT2D eigenvalue weighted by molar-refractivity contribution is 0.0701. The molecule has 0 aliphatic carbocycles. The monoisotopic (exact) mass is 281 g/mol. The summed E-state index contributed by atoms with van der Waals surface area (Å²) < 4.78 is 5.12. The van der Waals surface area contributed by atoms with Gasteiger partial charge in [-0.1, -0.05) is 16.5 Å². The highest BCUT2D eigenvalue weighted by molar-refractivity contribution is 7.17. The molecule has 0 saturated carbocycles. The van der Waals surface area contributed by atoms with Gasteiger partial charge in [0.15, 0.2) is 5.13 Å². The van der Waals surface area contributed by atoms with Gasteiger partial charge >= 0.3 is 5.97 Å². The van der Waals surface area contributed by atoms with E-state index in [4.69, 9.17) is 9.63 Å². The first-order valence-corrected chi connectivity index (χ1v) is 6.61. The lowest BCUT2D eigenvalue weighted by Gasteiger charge is -2.12. The van der Waals surface area contributed by atoms with E-state index in [2.05, 4.69) is 15.5 Å². The van der Waals surface area contributed by atoms with E-state index < -0.39 is 5.97 Å². The third kappa shape index (κ3) is 2.60. The SMILES string of the molecule is Cc1nc(NC(C)c2c(C)noc2C)sc1C(=O)O. The number of nitrogens with one attached hydrogen (secondary N) is 1. The van der Waals surface area contributed by atoms with Crippen LogP contribution in [0.5, 0.6) is 0 Å². The van der Waals surface area contributed by atoms with Gasteiger partial charge in [-0.05, 0) is 27.7 Å². The zero-order valence-corrected chi connectivity index (χ0v) is 12.0. The minimum atomic E-state index is -0.951. The molecule has 0 fully saturated rings. The largest absolute Gasteiger partial charge is 0.477 e. The molecule has 0 aliphatic heterocycles. The maximum atomic E-state index is 11.0. The lowest BCUT2D eigenvalue weighted by Crippen LogP contribution is -2.08. The van der Waals surface area contributed by atoms with E-state index in [1.807, 2.05) is 20.8 Å². The van der Waals surface area contributed by atoms with Crippen LogP contribution in [-0.2, 0) is 0 Å². The van der Waals surface area contributed by atoms with Gasteiger partial charge in [-0.2, -0.15) is 0 Å². The summed E-state index contributed by atoms with van der Waals surface area (Å²) >= 11 is 1.13. The van der Waals surface area contributed by atoms with Gasteiger partial charge in [0.05, 0.1) is 17.4 Å². The second-order valence-corrected chi connectivity index (χ2v) is 5.34. The van der Waals surface area contributed by atoms with Crippen molar-refractivity contribution in [2.75, 3.05) is 5.32 Å². The molecule has 0 radical (unpaired) electrons. The Hall–Kier alpha value is -1.89. The molecule has 2 aromatic rings. The van der Waals surface area contributed by atoms with E-state index in [9.17, 15) is 4.79 Å². The van der Waals surface area contributed by atoms with E-state index in [1.165, 1.54) is 0 Å². The Morgan fingerprint density at radius 2 is 2.05 bits per heavy atom. The highest BCUT2D eigenvalue weighted by atomic mass is 32.1. The van der Waals surface area contributed by atoms with Gasteiger partial charge in [-0.15, -0.1) is 0 Å². The van der Waals surface area contributed by atoms with E-state index in [-0.39, 0.29) is 10.9 Å². The van der Waals surface area contributed by atoms with Gasteiger partial charge in [0.25, 0.3) is 0 Å². The highest BCUT2D eigenvalue weighted by Crippen LogP contribution is 2.28. The zero-order chi connectivity index (χ0) is 14.2. The molecule has 0 saturated heterocycles. The molecule has 7 heteroatoms. The summed E-state index contributed by atoms with van der Waals surface area (Å²) in [5, 5.41) is 16.7. The predicted octanol–water partition coefficient (Wildman–Crippen LogP) is 2.93. The molecule has 2 aromatic heterocycles. The number of aromatic carboxylic acids is 1. The van der Waals surface area contributed by atoms with Crippen molar-refractivity contribution < 1.29 is 14.4 Å². The van der Waals surface area contributed by atoms with Crippen LogP contribution in [0.4, 0.5) is 5.13 Å². The van der Waals surface area contributed by atoms with Crippen LogP contribution in [0, 0.1) is 20.8 Å². The van der Waals surface area contributed by atoms with Crippen molar-refractivity contribution in [2.45, 2.75) is 33.7 Å². The fraction of sp³-hybridized carbons (Fsp3) is 0.417. The normalized spacial score (nSPS) is 12.4. The number of thiazole rings is 1. The second kappa shape index (κ2) is 5.00. The molecule has 2 N–H and O–H groups in total. The van der Waals surface area contributed by atoms with Crippen LogP contribution in [0.25, 0.3) is 0 Å². The standard InChI is InChI=1S/C12H15N3O3S/c1-5(9-6(2)15-18-8(9)4)13-12-14-7(3)10(19-12)11(16)17/h5H,1-4H3,(H,13,14)(H,16,17). The van der Waals surface area contributed by atoms with Crippen LogP contribution in [0.15, 0.2) is 4.52 Å². The van der Waals surface area contributed by atoms with Crippen LogP contribution in [0.3, 0.4) is 0 Å². The lowest BCUT2D eigenvalue weighted by atomic mass is 10.1. The topological polar surface area (TPSA) is 88.3 Å². The Balaban J connectivity index is 2.22. The molecule has 0 amide bonds. The molecular weight excluding hydrogens is 266 g/mol. The molecule has 19 heavy (non-hydrogen) atoms. The molecule has 0 bridgehead atoms. The Morgan fingerprint density at radius 3 is 2.53 bits per heavy atom. The Labute approximate surface area is 114 Å². The van der Waals surface area contributed by atoms with Gasteiger partial charge in [0.1, 0.15) is 10.6 Å². The molecule has 102 valence electrons. The first kappa shape index (κ1) is 13.5. The Kier molecular flexibility index (Phi) is 3.57. The zero-order valence-electron chi connectivity index (χ0n) is 11.1.